The minimum Gasteiger partial charge on any atom is -0.497 e. The lowest BCUT2D eigenvalue weighted by Gasteiger charge is -2.37. The van der Waals surface area contributed by atoms with E-state index in [1.165, 1.54) is 0 Å². The lowest BCUT2D eigenvalue weighted by atomic mass is 9.94. The molecule has 1 aliphatic heterocycles. The van der Waals surface area contributed by atoms with Crippen molar-refractivity contribution in [3.63, 3.8) is 0 Å². The molecule has 1 aromatic heterocycles. The molecule has 1 N–H and O–H groups in total. The third-order valence-corrected chi connectivity index (χ3v) is 5.59. The van der Waals surface area contributed by atoms with E-state index < -0.39 is 6.10 Å². The number of aryl methyl sites for hydroxylation is 1. The molecule has 0 aliphatic carbocycles. The van der Waals surface area contributed by atoms with Crippen LogP contribution in [0.5, 0.6) is 11.5 Å². The summed E-state index contributed by atoms with van der Waals surface area (Å²) in [5, 5.41) is 0. The Hall–Kier alpha value is -3.28. The second-order valence-electron chi connectivity index (χ2n) is 7.55. The summed E-state index contributed by atoms with van der Waals surface area (Å²) in [6.07, 6.45) is 2.49. The first-order chi connectivity index (χ1) is 14.6. The molecule has 156 valence electrons. The molecule has 0 bridgehead atoms. The molecule has 1 aliphatic rings. The van der Waals surface area contributed by atoms with E-state index in [0.29, 0.717) is 18.7 Å². The molecule has 0 unspecified atom stereocenters. The summed E-state index contributed by atoms with van der Waals surface area (Å²) in [5.74, 6) is 1.47. The zero-order valence-electron chi connectivity index (χ0n) is 17.6. The molecule has 2 heterocycles. The Bertz CT molecular complexity index is 995. The number of methoxy groups -OCH3 is 1. The summed E-state index contributed by atoms with van der Waals surface area (Å²) in [6, 6.07) is 15.4. The number of amides is 1. The van der Waals surface area contributed by atoms with Crippen LogP contribution in [0.3, 0.4) is 0 Å². The van der Waals surface area contributed by atoms with Crippen molar-refractivity contribution >= 4 is 5.91 Å². The van der Waals surface area contributed by atoms with Crippen LogP contribution < -0.4 is 9.47 Å². The molecule has 1 amide bonds. The SMILES string of the molecule is CC[C@H](Oc1ccc(C)cc1)C(=O)N1CCc2[nH]cnc2[C@@H]1c1ccc(OC)cc1. The molecule has 0 saturated carbocycles. The summed E-state index contributed by atoms with van der Waals surface area (Å²) >= 11 is 0. The van der Waals surface area contributed by atoms with E-state index in [2.05, 4.69) is 9.97 Å². The van der Waals surface area contributed by atoms with Gasteiger partial charge in [-0.1, -0.05) is 36.8 Å². The van der Waals surface area contributed by atoms with E-state index in [1.54, 1.807) is 13.4 Å². The number of nitrogens with one attached hydrogen (secondary N) is 1. The highest BCUT2D eigenvalue weighted by molar-refractivity contribution is 5.82. The van der Waals surface area contributed by atoms with Crippen molar-refractivity contribution in [1.29, 1.82) is 0 Å². The third-order valence-electron chi connectivity index (χ3n) is 5.59. The van der Waals surface area contributed by atoms with Crippen LogP contribution in [0.2, 0.25) is 0 Å². The number of hydrogen-bond donors (Lipinski definition) is 1. The molecule has 0 radical (unpaired) electrons. The van der Waals surface area contributed by atoms with Crippen LogP contribution in [0.4, 0.5) is 0 Å². The zero-order valence-corrected chi connectivity index (χ0v) is 17.6. The van der Waals surface area contributed by atoms with Crippen LogP contribution in [0, 0.1) is 6.92 Å². The van der Waals surface area contributed by atoms with Gasteiger partial charge in [0.1, 0.15) is 17.5 Å². The molecule has 2 atom stereocenters. The maximum atomic E-state index is 13.6. The van der Waals surface area contributed by atoms with E-state index in [0.717, 1.165) is 34.7 Å². The monoisotopic (exact) mass is 405 g/mol. The standard InChI is InChI=1S/C24H27N3O3/c1-4-21(30-19-9-5-16(2)6-10-19)24(28)27-14-13-20-22(26-15-25-20)23(27)17-7-11-18(29-3)12-8-17/h5-12,15,21,23H,4,13-14H2,1-3H3,(H,25,26)/t21-,23-/m0/s1. The van der Waals surface area contributed by atoms with Crippen molar-refractivity contribution in [1.82, 2.24) is 14.9 Å². The van der Waals surface area contributed by atoms with E-state index in [1.807, 2.05) is 67.3 Å². The smallest absolute Gasteiger partial charge is 0.264 e. The summed E-state index contributed by atoms with van der Waals surface area (Å²) in [6.45, 7) is 4.61. The van der Waals surface area contributed by atoms with Crippen LogP contribution in [0.15, 0.2) is 54.9 Å². The third kappa shape index (κ3) is 3.90. The second-order valence-corrected chi connectivity index (χ2v) is 7.55. The number of nitrogens with zero attached hydrogens (tertiary/aromatic N) is 2. The minimum absolute atomic E-state index is 0.0208. The van der Waals surface area contributed by atoms with Crippen molar-refractivity contribution < 1.29 is 14.3 Å². The average Bonchev–Trinajstić information content (AvgIpc) is 3.26. The number of fused-ring (bicyclic) bond motifs is 1. The Morgan fingerprint density at radius 2 is 1.87 bits per heavy atom. The number of carbonyl (C=O) groups excluding carboxylic acids is 1. The van der Waals surface area contributed by atoms with Crippen LogP contribution in [0.1, 0.15) is 41.9 Å². The highest BCUT2D eigenvalue weighted by atomic mass is 16.5. The van der Waals surface area contributed by atoms with Gasteiger partial charge in [-0.3, -0.25) is 4.79 Å². The van der Waals surface area contributed by atoms with Crippen molar-refractivity contribution in [3.05, 3.63) is 77.4 Å². The van der Waals surface area contributed by atoms with Gasteiger partial charge in [-0.15, -0.1) is 0 Å². The second kappa shape index (κ2) is 8.61. The van der Waals surface area contributed by atoms with Crippen LogP contribution in [0.25, 0.3) is 0 Å². The molecule has 3 aromatic rings. The zero-order chi connectivity index (χ0) is 21.1. The summed E-state index contributed by atoms with van der Waals surface area (Å²) < 4.78 is 11.4. The maximum Gasteiger partial charge on any atom is 0.264 e. The highest BCUT2D eigenvalue weighted by Gasteiger charge is 2.37. The Morgan fingerprint density at radius 1 is 1.17 bits per heavy atom. The minimum atomic E-state index is -0.547. The van der Waals surface area contributed by atoms with Crippen molar-refractivity contribution in [2.24, 2.45) is 0 Å². The van der Waals surface area contributed by atoms with Gasteiger partial charge in [0.25, 0.3) is 5.91 Å². The fraction of sp³-hybridized carbons (Fsp3) is 0.333. The predicted octanol–water partition coefficient (Wildman–Crippen LogP) is 4.06. The largest absolute Gasteiger partial charge is 0.497 e. The quantitative estimate of drug-likeness (QED) is 0.672. The first-order valence-electron chi connectivity index (χ1n) is 10.3. The van der Waals surface area contributed by atoms with Gasteiger partial charge in [0.2, 0.25) is 0 Å². The maximum absolute atomic E-state index is 13.6. The molecule has 0 spiro atoms. The number of aromatic amines is 1. The summed E-state index contributed by atoms with van der Waals surface area (Å²) in [4.78, 5) is 23.2. The van der Waals surface area contributed by atoms with Gasteiger partial charge in [0.05, 0.1) is 19.1 Å². The summed E-state index contributed by atoms with van der Waals surface area (Å²) in [7, 11) is 1.64. The molecular formula is C24H27N3O3. The number of imidazole rings is 1. The fourth-order valence-corrected chi connectivity index (χ4v) is 3.91. The van der Waals surface area contributed by atoms with Crippen LogP contribution in [-0.4, -0.2) is 40.5 Å². The molecule has 6 heteroatoms. The first kappa shape index (κ1) is 20.0. The number of hydrogen-bond acceptors (Lipinski definition) is 4. The summed E-state index contributed by atoms with van der Waals surface area (Å²) in [5.41, 5.74) is 4.13. The van der Waals surface area contributed by atoms with Crippen molar-refractivity contribution in [2.45, 2.75) is 38.8 Å². The number of ether oxygens (including phenoxy) is 2. The molecule has 0 fully saturated rings. The van der Waals surface area contributed by atoms with Gasteiger partial charge in [-0.25, -0.2) is 4.98 Å². The van der Waals surface area contributed by atoms with Gasteiger partial charge in [-0.05, 0) is 43.2 Å². The molecule has 6 nitrogen and oxygen atoms in total. The number of aromatic nitrogens is 2. The molecule has 4 rings (SSSR count). The molecule has 2 aromatic carbocycles. The Morgan fingerprint density at radius 3 is 2.53 bits per heavy atom. The topological polar surface area (TPSA) is 67.5 Å². The van der Waals surface area contributed by atoms with E-state index in [4.69, 9.17) is 9.47 Å². The van der Waals surface area contributed by atoms with Crippen LogP contribution in [-0.2, 0) is 11.2 Å². The van der Waals surface area contributed by atoms with Gasteiger partial charge >= 0.3 is 0 Å². The molecule has 0 saturated heterocycles. The highest BCUT2D eigenvalue weighted by Crippen LogP contribution is 2.35. The Kier molecular flexibility index (Phi) is 5.74. The van der Waals surface area contributed by atoms with Gasteiger partial charge in [0.15, 0.2) is 6.10 Å². The number of carbonyl (C=O) groups is 1. The van der Waals surface area contributed by atoms with E-state index in [-0.39, 0.29) is 11.9 Å². The lowest BCUT2D eigenvalue weighted by Crippen LogP contribution is -2.47. The number of rotatable bonds is 6. The van der Waals surface area contributed by atoms with Gasteiger partial charge < -0.3 is 19.4 Å². The van der Waals surface area contributed by atoms with Gasteiger partial charge in [0, 0.05) is 18.7 Å². The van der Waals surface area contributed by atoms with Crippen molar-refractivity contribution in [3.8, 4) is 11.5 Å². The normalized spacial score (nSPS) is 16.6. The molecule has 30 heavy (non-hydrogen) atoms. The Balaban J connectivity index is 1.64. The average molecular weight is 405 g/mol. The Labute approximate surface area is 176 Å². The van der Waals surface area contributed by atoms with E-state index in [9.17, 15) is 4.79 Å². The fourth-order valence-electron chi connectivity index (χ4n) is 3.91. The predicted molar refractivity (Wildman–Crippen MR) is 115 cm³/mol. The lowest BCUT2D eigenvalue weighted by molar-refractivity contribution is -0.141. The number of H-pyrrole nitrogens is 1. The van der Waals surface area contributed by atoms with E-state index >= 15 is 0 Å². The first-order valence-corrected chi connectivity index (χ1v) is 10.3. The molecular weight excluding hydrogens is 378 g/mol. The number of benzene rings is 2. The van der Waals surface area contributed by atoms with Crippen LogP contribution >= 0.6 is 0 Å². The van der Waals surface area contributed by atoms with Crippen molar-refractivity contribution in [2.75, 3.05) is 13.7 Å². The van der Waals surface area contributed by atoms with Gasteiger partial charge in [-0.2, -0.15) is 0 Å².